The molecule has 0 aliphatic carbocycles. The maximum absolute atomic E-state index is 6.55. The summed E-state index contributed by atoms with van der Waals surface area (Å²) >= 11 is 12.6. The van der Waals surface area contributed by atoms with Crippen molar-refractivity contribution in [3.63, 3.8) is 0 Å². The van der Waals surface area contributed by atoms with E-state index in [1.54, 1.807) is 25.0 Å². The first-order chi connectivity index (χ1) is 16.2. The van der Waals surface area contributed by atoms with Crippen molar-refractivity contribution in [3.8, 4) is 5.75 Å². The molecule has 5 aromatic rings. The summed E-state index contributed by atoms with van der Waals surface area (Å²) in [5.41, 5.74) is 2.00. The molecule has 0 amide bonds. The summed E-state index contributed by atoms with van der Waals surface area (Å²) in [4.78, 5) is 8.69. The fourth-order valence-corrected chi connectivity index (χ4v) is 4.38. The van der Waals surface area contributed by atoms with E-state index in [4.69, 9.17) is 27.9 Å². The van der Waals surface area contributed by atoms with Crippen LogP contribution >= 0.6 is 23.2 Å². The molecular weight excluding hydrogens is 455 g/mol. The molecule has 0 radical (unpaired) electrons. The highest BCUT2D eigenvalue weighted by Crippen LogP contribution is 2.42. The predicted molar refractivity (Wildman–Crippen MR) is 130 cm³/mol. The maximum Gasteiger partial charge on any atom is 0.179 e. The summed E-state index contributed by atoms with van der Waals surface area (Å²) in [6.45, 7) is 0.379. The van der Waals surface area contributed by atoms with Crippen LogP contribution in [0.15, 0.2) is 110 Å². The van der Waals surface area contributed by atoms with Crippen molar-refractivity contribution in [2.45, 2.75) is 12.3 Å². The van der Waals surface area contributed by atoms with Gasteiger partial charge in [-0.3, -0.25) is 0 Å². The Balaban J connectivity index is 1.72. The van der Waals surface area contributed by atoms with E-state index < -0.39 is 5.66 Å². The second-order valence-electron chi connectivity index (χ2n) is 7.53. The first kappa shape index (κ1) is 21.3. The molecule has 2 aromatic heterocycles. The van der Waals surface area contributed by atoms with Gasteiger partial charge in [0.25, 0.3) is 0 Å². The van der Waals surface area contributed by atoms with E-state index in [9.17, 15) is 0 Å². The monoisotopic (exact) mass is 474 g/mol. The van der Waals surface area contributed by atoms with E-state index >= 15 is 0 Å². The molecule has 33 heavy (non-hydrogen) atoms. The number of rotatable bonds is 7. The molecule has 0 saturated carbocycles. The van der Waals surface area contributed by atoms with Crippen LogP contribution in [0.4, 0.5) is 0 Å². The Morgan fingerprint density at radius 3 is 2.00 bits per heavy atom. The molecule has 0 aliphatic rings. The van der Waals surface area contributed by atoms with Gasteiger partial charge >= 0.3 is 0 Å². The second-order valence-corrected chi connectivity index (χ2v) is 8.41. The van der Waals surface area contributed by atoms with Gasteiger partial charge in [-0.25, -0.2) is 9.97 Å². The molecule has 7 heteroatoms. The average Bonchev–Trinajstić information content (AvgIpc) is 3.57. The van der Waals surface area contributed by atoms with Crippen LogP contribution in [0.25, 0.3) is 0 Å². The second kappa shape index (κ2) is 9.14. The number of imidazole rings is 2. The van der Waals surface area contributed by atoms with Crippen molar-refractivity contribution >= 4 is 23.2 Å². The molecule has 0 unspecified atom stereocenters. The van der Waals surface area contributed by atoms with Crippen molar-refractivity contribution in [1.29, 1.82) is 0 Å². The number of aromatic nitrogens is 4. The largest absolute Gasteiger partial charge is 0.488 e. The Hall–Kier alpha value is -3.54. The smallest absolute Gasteiger partial charge is 0.179 e. The molecule has 5 nitrogen and oxygen atoms in total. The third kappa shape index (κ3) is 4.01. The molecule has 0 atom stereocenters. The van der Waals surface area contributed by atoms with Gasteiger partial charge in [0.2, 0.25) is 0 Å². The molecular formula is C26H20Cl2N4O. The molecule has 5 rings (SSSR count). The van der Waals surface area contributed by atoms with Gasteiger partial charge in [0, 0.05) is 46.0 Å². The minimum Gasteiger partial charge on any atom is -0.488 e. The van der Waals surface area contributed by atoms with E-state index in [0.717, 1.165) is 16.7 Å². The van der Waals surface area contributed by atoms with Gasteiger partial charge < -0.3 is 13.9 Å². The molecule has 0 N–H and O–H groups in total. The molecule has 0 fully saturated rings. The SMILES string of the molecule is Clc1ccc(COc2ccc(Cl)cc2C(c2ccccc2)(n2ccnc2)n2ccnc2)cc1. The predicted octanol–water partition coefficient (Wildman–Crippen LogP) is 6.26. The number of hydrogen-bond donors (Lipinski definition) is 0. The molecule has 0 spiro atoms. The molecule has 2 heterocycles. The zero-order chi connectivity index (χ0) is 22.7. The van der Waals surface area contributed by atoms with Crippen molar-refractivity contribution in [2.24, 2.45) is 0 Å². The lowest BCUT2D eigenvalue weighted by Crippen LogP contribution is -2.42. The highest BCUT2D eigenvalue weighted by molar-refractivity contribution is 6.30. The Kier molecular flexibility index (Phi) is 5.90. The zero-order valence-electron chi connectivity index (χ0n) is 17.6. The summed E-state index contributed by atoms with van der Waals surface area (Å²) in [6, 6.07) is 23.4. The first-order valence-electron chi connectivity index (χ1n) is 10.4. The summed E-state index contributed by atoms with van der Waals surface area (Å²) < 4.78 is 10.4. The minimum atomic E-state index is -0.867. The topological polar surface area (TPSA) is 44.9 Å². The van der Waals surface area contributed by atoms with Gasteiger partial charge in [-0.1, -0.05) is 65.7 Å². The van der Waals surface area contributed by atoms with Crippen LogP contribution in [0.2, 0.25) is 10.0 Å². The van der Waals surface area contributed by atoms with Crippen LogP contribution in [0.1, 0.15) is 16.7 Å². The van der Waals surface area contributed by atoms with Gasteiger partial charge in [0.1, 0.15) is 12.4 Å². The summed E-state index contributed by atoms with van der Waals surface area (Å²) in [7, 11) is 0. The summed E-state index contributed by atoms with van der Waals surface area (Å²) in [5, 5.41) is 1.29. The van der Waals surface area contributed by atoms with E-state index in [2.05, 4.69) is 22.1 Å². The van der Waals surface area contributed by atoms with Crippen molar-refractivity contribution in [2.75, 3.05) is 0 Å². The third-order valence-electron chi connectivity index (χ3n) is 5.56. The minimum absolute atomic E-state index is 0.379. The lowest BCUT2D eigenvalue weighted by molar-refractivity contribution is 0.281. The van der Waals surface area contributed by atoms with Gasteiger partial charge in [-0.15, -0.1) is 0 Å². The van der Waals surface area contributed by atoms with Crippen molar-refractivity contribution in [1.82, 2.24) is 19.1 Å². The molecule has 0 saturated heterocycles. The number of nitrogens with zero attached hydrogens (tertiary/aromatic N) is 4. The standard InChI is InChI=1S/C26H20Cl2N4O/c27-22-8-6-20(7-9-22)17-33-25-11-10-23(28)16-24(25)26(31-14-12-29-18-31,32-15-13-30-19-32)21-4-2-1-3-5-21/h1-16,18-19H,17H2. The molecule has 164 valence electrons. The third-order valence-corrected chi connectivity index (χ3v) is 6.04. The molecule has 0 bridgehead atoms. The van der Waals surface area contributed by atoms with E-state index in [0.29, 0.717) is 22.4 Å². The number of halogens is 2. The molecule has 0 aliphatic heterocycles. The van der Waals surface area contributed by atoms with Gasteiger partial charge in [-0.2, -0.15) is 0 Å². The highest BCUT2D eigenvalue weighted by atomic mass is 35.5. The average molecular weight is 475 g/mol. The van der Waals surface area contributed by atoms with Crippen molar-refractivity contribution in [3.05, 3.63) is 137 Å². The molecule has 3 aromatic carbocycles. The van der Waals surface area contributed by atoms with Crippen LogP contribution in [-0.2, 0) is 12.3 Å². The van der Waals surface area contributed by atoms with E-state index in [-0.39, 0.29) is 0 Å². The quantitative estimate of drug-likeness (QED) is 0.279. The maximum atomic E-state index is 6.55. The Bertz CT molecular complexity index is 1280. The van der Waals surface area contributed by atoms with Gasteiger partial charge in [0.05, 0.1) is 12.7 Å². The Morgan fingerprint density at radius 2 is 1.39 bits per heavy atom. The normalized spacial score (nSPS) is 11.5. The number of ether oxygens (including phenoxy) is 1. The van der Waals surface area contributed by atoms with Gasteiger partial charge in [-0.05, 0) is 35.9 Å². The van der Waals surface area contributed by atoms with Crippen LogP contribution < -0.4 is 4.74 Å². The Labute approximate surface area is 201 Å². The van der Waals surface area contributed by atoms with Crippen LogP contribution in [-0.4, -0.2) is 19.1 Å². The number of hydrogen-bond acceptors (Lipinski definition) is 3. The van der Waals surface area contributed by atoms with Crippen molar-refractivity contribution < 1.29 is 4.74 Å². The highest BCUT2D eigenvalue weighted by Gasteiger charge is 2.40. The van der Waals surface area contributed by atoms with E-state index in [1.165, 1.54) is 0 Å². The Morgan fingerprint density at radius 1 is 0.758 bits per heavy atom. The number of benzene rings is 3. The fourth-order valence-electron chi connectivity index (χ4n) is 4.08. The van der Waals surface area contributed by atoms with E-state index in [1.807, 2.05) is 82.2 Å². The van der Waals surface area contributed by atoms with Gasteiger partial charge in [0.15, 0.2) is 5.66 Å². The first-order valence-corrected chi connectivity index (χ1v) is 11.1. The van der Waals surface area contributed by atoms with Crippen LogP contribution in [0.3, 0.4) is 0 Å². The summed E-state index contributed by atoms with van der Waals surface area (Å²) in [6.07, 6.45) is 10.9. The van der Waals surface area contributed by atoms with Crippen LogP contribution in [0, 0.1) is 0 Å². The lowest BCUT2D eigenvalue weighted by Gasteiger charge is -2.38. The fraction of sp³-hybridized carbons (Fsp3) is 0.0769. The lowest BCUT2D eigenvalue weighted by atomic mass is 9.89. The van der Waals surface area contributed by atoms with Crippen LogP contribution in [0.5, 0.6) is 5.75 Å². The summed E-state index contributed by atoms with van der Waals surface area (Å²) in [5.74, 6) is 0.695. The zero-order valence-corrected chi connectivity index (χ0v) is 19.1.